The van der Waals surface area contributed by atoms with Crippen LogP contribution in [0.25, 0.3) is 0 Å². The maximum atomic E-state index is 11.6. The van der Waals surface area contributed by atoms with Gasteiger partial charge in [0.05, 0.1) is 11.9 Å². The highest BCUT2D eigenvalue weighted by atomic mass is 35.5. The van der Waals surface area contributed by atoms with E-state index in [-0.39, 0.29) is 0 Å². The number of ether oxygens (including phenoxy) is 1. The molecule has 0 saturated carbocycles. The Bertz CT molecular complexity index is 510. The lowest BCUT2D eigenvalue weighted by Gasteiger charge is -2.02. The summed E-state index contributed by atoms with van der Waals surface area (Å²) >= 11 is 6.71. The average molecular weight is 255 g/mol. The number of nitrogens with two attached hydrogens (primary N) is 1. The molecule has 82 valence electrons. The highest BCUT2D eigenvalue weighted by Gasteiger charge is 2.14. The van der Waals surface area contributed by atoms with Crippen LogP contribution in [0.2, 0.25) is 5.02 Å². The largest absolute Gasteiger partial charge is 0.422 e. The lowest BCUT2D eigenvalue weighted by Crippen LogP contribution is -2.08. The first-order chi connectivity index (χ1) is 7.66. The van der Waals surface area contributed by atoms with E-state index in [0.717, 1.165) is 11.5 Å². The monoisotopic (exact) mass is 254 g/mol. The van der Waals surface area contributed by atoms with Crippen molar-refractivity contribution in [3.8, 4) is 5.75 Å². The summed E-state index contributed by atoms with van der Waals surface area (Å²) in [5, 5.41) is 0.581. The van der Waals surface area contributed by atoms with Crippen molar-refractivity contribution in [1.82, 2.24) is 4.37 Å². The van der Waals surface area contributed by atoms with Gasteiger partial charge >= 0.3 is 5.97 Å². The summed E-state index contributed by atoms with van der Waals surface area (Å²) in [5.41, 5.74) is 5.87. The van der Waals surface area contributed by atoms with Crippen molar-refractivity contribution in [3.63, 3.8) is 0 Å². The van der Waals surface area contributed by atoms with Crippen molar-refractivity contribution in [2.75, 3.05) is 5.73 Å². The molecule has 0 atom stereocenters. The second-order valence-corrected chi connectivity index (χ2v) is 4.19. The van der Waals surface area contributed by atoms with Gasteiger partial charge in [-0.15, -0.1) is 0 Å². The van der Waals surface area contributed by atoms with Crippen LogP contribution in [0.3, 0.4) is 0 Å². The van der Waals surface area contributed by atoms with Crippen molar-refractivity contribution in [2.45, 2.75) is 0 Å². The Morgan fingerprint density at radius 3 is 2.62 bits per heavy atom. The van der Waals surface area contributed by atoms with E-state index in [1.807, 2.05) is 0 Å². The van der Waals surface area contributed by atoms with Gasteiger partial charge in [-0.2, -0.15) is 4.37 Å². The maximum absolute atomic E-state index is 11.6. The van der Waals surface area contributed by atoms with E-state index in [1.165, 1.54) is 6.20 Å². The molecule has 1 aromatic heterocycles. The van der Waals surface area contributed by atoms with Crippen LogP contribution in [0.1, 0.15) is 9.67 Å². The maximum Gasteiger partial charge on any atom is 0.357 e. The lowest BCUT2D eigenvalue weighted by atomic mass is 10.3. The molecule has 16 heavy (non-hydrogen) atoms. The number of halogens is 1. The van der Waals surface area contributed by atoms with Crippen molar-refractivity contribution in [3.05, 3.63) is 40.4 Å². The fourth-order valence-electron chi connectivity index (χ4n) is 1.06. The van der Waals surface area contributed by atoms with Gasteiger partial charge in [-0.1, -0.05) is 11.6 Å². The topological polar surface area (TPSA) is 65.2 Å². The number of hydrogen-bond acceptors (Lipinski definition) is 5. The predicted octanol–water partition coefficient (Wildman–Crippen LogP) is 2.60. The molecule has 0 amide bonds. The molecule has 2 aromatic rings. The zero-order valence-corrected chi connectivity index (χ0v) is 9.59. The number of nitrogens with zero attached hydrogens (tertiary/aromatic N) is 1. The summed E-state index contributed by atoms with van der Waals surface area (Å²) < 4.78 is 8.88. The first-order valence-electron chi connectivity index (χ1n) is 4.34. The number of nitrogen functional groups attached to an aromatic ring is 1. The van der Waals surface area contributed by atoms with E-state index in [0.29, 0.717) is 21.3 Å². The Labute approximate surface area is 101 Å². The van der Waals surface area contributed by atoms with Crippen molar-refractivity contribution in [1.29, 1.82) is 0 Å². The third-order valence-electron chi connectivity index (χ3n) is 1.81. The first kappa shape index (κ1) is 10.9. The van der Waals surface area contributed by atoms with E-state index in [1.54, 1.807) is 24.3 Å². The molecule has 0 aliphatic rings. The average Bonchev–Trinajstić information content (AvgIpc) is 2.68. The van der Waals surface area contributed by atoms with Crippen LogP contribution in [0.15, 0.2) is 30.5 Å². The molecule has 1 aromatic carbocycles. The van der Waals surface area contributed by atoms with Gasteiger partial charge in [0.2, 0.25) is 0 Å². The Morgan fingerprint density at radius 2 is 2.06 bits per heavy atom. The predicted molar refractivity (Wildman–Crippen MR) is 62.9 cm³/mol. The molecule has 0 bridgehead atoms. The second kappa shape index (κ2) is 4.51. The summed E-state index contributed by atoms with van der Waals surface area (Å²) in [4.78, 5) is 11.9. The van der Waals surface area contributed by atoms with Crippen molar-refractivity contribution in [2.24, 2.45) is 0 Å². The van der Waals surface area contributed by atoms with E-state index in [2.05, 4.69) is 4.37 Å². The quantitative estimate of drug-likeness (QED) is 0.661. The highest BCUT2D eigenvalue weighted by molar-refractivity contribution is 7.08. The third-order valence-corrected chi connectivity index (χ3v) is 2.86. The lowest BCUT2D eigenvalue weighted by molar-refractivity contribution is 0.0741. The van der Waals surface area contributed by atoms with Crippen LogP contribution in [-0.4, -0.2) is 10.3 Å². The van der Waals surface area contributed by atoms with Crippen LogP contribution in [0, 0.1) is 0 Å². The zero-order valence-electron chi connectivity index (χ0n) is 8.01. The van der Waals surface area contributed by atoms with Gasteiger partial charge in [0.1, 0.15) is 5.75 Å². The minimum Gasteiger partial charge on any atom is -0.422 e. The van der Waals surface area contributed by atoms with E-state index in [9.17, 15) is 4.79 Å². The van der Waals surface area contributed by atoms with Crippen LogP contribution in [0.4, 0.5) is 5.69 Å². The van der Waals surface area contributed by atoms with Gasteiger partial charge in [0.15, 0.2) is 4.88 Å². The van der Waals surface area contributed by atoms with E-state index in [4.69, 9.17) is 22.1 Å². The molecule has 2 rings (SSSR count). The summed E-state index contributed by atoms with van der Waals surface area (Å²) in [5.74, 6) is -0.0930. The summed E-state index contributed by atoms with van der Waals surface area (Å²) in [7, 11) is 0. The number of aromatic nitrogens is 1. The Hall–Kier alpha value is -1.59. The Balaban J connectivity index is 2.14. The van der Waals surface area contributed by atoms with Gasteiger partial charge in [0.25, 0.3) is 0 Å². The van der Waals surface area contributed by atoms with Crippen LogP contribution in [0.5, 0.6) is 5.75 Å². The van der Waals surface area contributed by atoms with Gasteiger partial charge in [0, 0.05) is 5.02 Å². The molecule has 0 unspecified atom stereocenters. The first-order valence-corrected chi connectivity index (χ1v) is 5.50. The number of esters is 1. The van der Waals surface area contributed by atoms with E-state index >= 15 is 0 Å². The molecule has 0 aliphatic heterocycles. The second-order valence-electron chi connectivity index (χ2n) is 2.95. The third kappa shape index (κ3) is 2.32. The van der Waals surface area contributed by atoms with Gasteiger partial charge in [-0.05, 0) is 35.8 Å². The zero-order chi connectivity index (χ0) is 11.5. The molecule has 1 heterocycles. The van der Waals surface area contributed by atoms with Gasteiger partial charge in [-0.25, -0.2) is 4.79 Å². The fourth-order valence-corrected chi connectivity index (χ4v) is 1.73. The van der Waals surface area contributed by atoms with Gasteiger partial charge in [-0.3, -0.25) is 0 Å². The number of rotatable bonds is 2. The molecule has 0 fully saturated rings. The molecular formula is C10H7ClN2O2S. The SMILES string of the molecule is Nc1cnsc1C(=O)Oc1ccc(Cl)cc1. The van der Waals surface area contributed by atoms with Crippen molar-refractivity contribution >= 4 is 34.8 Å². The summed E-state index contributed by atoms with van der Waals surface area (Å²) in [6.45, 7) is 0. The van der Waals surface area contributed by atoms with Crippen LogP contribution >= 0.6 is 23.1 Å². The van der Waals surface area contributed by atoms with Crippen molar-refractivity contribution < 1.29 is 9.53 Å². The number of benzene rings is 1. The Morgan fingerprint density at radius 1 is 1.38 bits per heavy atom. The van der Waals surface area contributed by atoms with Crippen LogP contribution in [-0.2, 0) is 0 Å². The normalized spacial score (nSPS) is 10.1. The molecule has 2 N–H and O–H groups in total. The number of carbonyl (C=O) groups is 1. The molecule has 4 nitrogen and oxygen atoms in total. The minimum absolute atomic E-state index is 0.301. The molecule has 0 aliphatic carbocycles. The number of carbonyl (C=O) groups excluding carboxylic acids is 1. The van der Waals surface area contributed by atoms with Crippen LogP contribution < -0.4 is 10.5 Å². The smallest absolute Gasteiger partial charge is 0.357 e. The fraction of sp³-hybridized carbons (Fsp3) is 0. The number of anilines is 1. The minimum atomic E-state index is -0.512. The van der Waals surface area contributed by atoms with E-state index < -0.39 is 5.97 Å². The molecule has 0 saturated heterocycles. The number of hydrogen-bond donors (Lipinski definition) is 1. The molecule has 0 spiro atoms. The standard InChI is InChI=1S/C10H7ClN2O2S/c11-6-1-3-7(4-2-6)15-10(14)9-8(12)5-13-16-9/h1-5H,12H2. The molecule has 0 radical (unpaired) electrons. The Kier molecular flexibility index (Phi) is 3.07. The highest BCUT2D eigenvalue weighted by Crippen LogP contribution is 2.20. The molecular weight excluding hydrogens is 248 g/mol. The molecule has 6 heteroatoms. The summed E-state index contributed by atoms with van der Waals surface area (Å²) in [6, 6.07) is 6.50. The van der Waals surface area contributed by atoms with Gasteiger partial charge < -0.3 is 10.5 Å². The summed E-state index contributed by atoms with van der Waals surface area (Å²) in [6.07, 6.45) is 1.42.